The van der Waals surface area contributed by atoms with Crippen LogP contribution in [-0.2, 0) is 21.1 Å². The minimum atomic E-state index is 0. The van der Waals surface area contributed by atoms with E-state index >= 15 is 0 Å². The summed E-state index contributed by atoms with van der Waals surface area (Å²) < 4.78 is 1.32. The summed E-state index contributed by atoms with van der Waals surface area (Å²) in [5, 5.41) is 0. The van der Waals surface area contributed by atoms with Gasteiger partial charge in [0.25, 0.3) is 0 Å². The van der Waals surface area contributed by atoms with Gasteiger partial charge in [-0.25, -0.2) is 19.0 Å². The predicted octanol–water partition coefficient (Wildman–Crippen LogP) is 0.777. The van der Waals surface area contributed by atoms with Gasteiger partial charge in [0.1, 0.15) is 18.3 Å². The van der Waals surface area contributed by atoms with Crippen molar-refractivity contribution in [2.24, 2.45) is 0 Å². The van der Waals surface area contributed by atoms with Gasteiger partial charge in [0, 0.05) is 32.8 Å². The molecule has 0 amide bonds. The molecule has 0 aliphatic carbocycles. The number of hydrogen-bond acceptors (Lipinski definition) is 3. The van der Waals surface area contributed by atoms with E-state index in [1.165, 1.54) is 16.7 Å². The molecule has 0 N–H and O–H groups in total. The molecule has 60 valence electrons. The number of imidazole rings is 1. The number of halogens is 1. The zero-order valence-corrected chi connectivity index (χ0v) is 8.24. The molecule has 11 heavy (non-hydrogen) atoms. The van der Waals surface area contributed by atoms with Crippen LogP contribution in [-0.4, -0.2) is 19.0 Å². The molecule has 2 heterocycles. The van der Waals surface area contributed by atoms with Crippen LogP contribution in [0.1, 0.15) is 0 Å². The molecule has 0 aromatic heterocycles. The SMILES string of the molecule is Cln1cnc2ncnc-2c1.[Pt]. The average Bonchev–Trinajstić information content (AvgIpc) is 2.33. The molecule has 0 bridgehead atoms. The van der Waals surface area contributed by atoms with Gasteiger partial charge in [0.15, 0.2) is 5.82 Å². The molecule has 2 aliphatic heterocycles. The van der Waals surface area contributed by atoms with E-state index in [0.717, 1.165) is 0 Å². The fourth-order valence-corrected chi connectivity index (χ4v) is 0.856. The van der Waals surface area contributed by atoms with Crippen LogP contribution in [0.5, 0.6) is 0 Å². The molecule has 0 saturated carbocycles. The summed E-state index contributed by atoms with van der Waals surface area (Å²) in [7, 11) is 0. The normalized spacial score (nSPS) is 9.55. The molecule has 2 rings (SSSR count). The smallest absolute Gasteiger partial charge is 0.182 e. The van der Waals surface area contributed by atoms with E-state index in [1.54, 1.807) is 6.20 Å². The van der Waals surface area contributed by atoms with Gasteiger partial charge >= 0.3 is 0 Å². The second-order valence-corrected chi connectivity index (χ2v) is 2.19. The Morgan fingerprint density at radius 1 is 1.27 bits per heavy atom. The van der Waals surface area contributed by atoms with E-state index < -0.39 is 0 Å². The molecule has 0 unspecified atom stereocenters. The molecule has 4 nitrogen and oxygen atoms in total. The molecule has 0 saturated heterocycles. The Labute approximate surface area is 82.3 Å². The number of nitrogens with zero attached hydrogens (tertiary/aromatic N) is 4. The molecule has 2 aliphatic rings. The molecule has 0 radical (unpaired) electrons. The molecule has 0 atom stereocenters. The van der Waals surface area contributed by atoms with Crippen LogP contribution in [0.15, 0.2) is 18.9 Å². The molecule has 0 spiro atoms. The molecular formula is C5H3ClN4Pt. The predicted molar refractivity (Wildman–Crippen MR) is 35.7 cm³/mol. The van der Waals surface area contributed by atoms with E-state index in [0.29, 0.717) is 11.5 Å². The largest absolute Gasteiger partial charge is 0.248 e. The maximum absolute atomic E-state index is 5.56. The van der Waals surface area contributed by atoms with Crippen LogP contribution in [0, 0.1) is 0 Å². The third-order valence-corrected chi connectivity index (χ3v) is 1.33. The summed E-state index contributed by atoms with van der Waals surface area (Å²) in [5.41, 5.74) is 0.706. The van der Waals surface area contributed by atoms with Crippen molar-refractivity contribution in [3.63, 3.8) is 0 Å². The van der Waals surface area contributed by atoms with Gasteiger partial charge in [-0.2, -0.15) is 0 Å². The summed E-state index contributed by atoms with van der Waals surface area (Å²) >= 11 is 5.56. The van der Waals surface area contributed by atoms with Gasteiger partial charge in [-0.15, -0.1) is 0 Å². The fraction of sp³-hybridized carbons (Fsp3) is 0. The van der Waals surface area contributed by atoms with Crippen molar-refractivity contribution in [3.05, 3.63) is 18.9 Å². The van der Waals surface area contributed by atoms with Crippen molar-refractivity contribution in [1.82, 2.24) is 19.0 Å². The molecule has 0 aromatic carbocycles. The summed E-state index contributed by atoms with van der Waals surface area (Å²) in [5.74, 6) is 0.622. The van der Waals surface area contributed by atoms with Crippen LogP contribution in [0.25, 0.3) is 11.5 Å². The minimum Gasteiger partial charge on any atom is -0.248 e. The maximum Gasteiger partial charge on any atom is 0.182 e. The Bertz CT molecular complexity index is 322. The monoisotopic (exact) mass is 349 g/mol. The van der Waals surface area contributed by atoms with Crippen LogP contribution in [0.2, 0.25) is 0 Å². The van der Waals surface area contributed by atoms with Gasteiger partial charge < -0.3 is 0 Å². The van der Waals surface area contributed by atoms with Crippen molar-refractivity contribution < 1.29 is 21.1 Å². The van der Waals surface area contributed by atoms with Crippen molar-refractivity contribution in [3.8, 4) is 11.5 Å². The topological polar surface area (TPSA) is 43.6 Å². The molecule has 0 aromatic rings. The van der Waals surface area contributed by atoms with E-state index in [-0.39, 0.29) is 21.1 Å². The van der Waals surface area contributed by atoms with Gasteiger partial charge in [0.2, 0.25) is 0 Å². The third kappa shape index (κ3) is 1.57. The Hall–Kier alpha value is -0.472. The van der Waals surface area contributed by atoms with Crippen molar-refractivity contribution >= 4 is 11.8 Å². The summed E-state index contributed by atoms with van der Waals surface area (Å²) in [4.78, 5) is 11.7. The van der Waals surface area contributed by atoms with Crippen LogP contribution >= 0.6 is 11.8 Å². The number of fused-ring (bicyclic) bond motifs is 1. The van der Waals surface area contributed by atoms with Crippen molar-refractivity contribution in [2.45, 2.75) is 0 Å². The number of aromatic nitrogens is 4. The molecule has 6 heteroatoms. The van der Waals surface area contributed by atoms with Gasteiger partial charge in [-0.3, -0.25) is 0 Å². The zero-order valence-electron chi connectivity index (χ0n) is 5.22. The first-order valence-corrected chi connectivity index (χ1v) is 3.01. The third-order valence-electron chi connectivity index (χ3n) is 1.14. The molecular weight excluding hydrogens is 347 g/mol. The Kier molecular flexibility index (Phi) is 2.57. The minimum absolute atomic E-state index is 0. The van der Waals surface area contributed by atoms with Crippen LogP contribution < -0.4 is 0 Å². The standard InChI is InChI=1S/C5H3ClN4.Pt/c6-10-1-4-5(9-3-10)8-2-7-4;/h1-3H;. The van der Waals surface area contributed by atoms with Gasteiger partial charge in [0.05, 0.1) is 6.20 Å². The Balaban J connectivity index is 0.000000605. The molecule has 0 fully saturated rings. The number of rotatable bonds is 0. The summed E-state index contributed by atoms with van der Waals surface area (Å²) in [6.45, 7) is 0. The van der Waals surface area contributed by atoms with Crippen molar-refractivity contribution in [2.75, 3.05) is 0 Å². The fourth-order valence-electron chi connectivity index (χ4n) is 0.720. The summed E-state index contributed by atoms with van der Waals surface area (Å²) in [6.07, 6.45) is 4.57. The van der Waals surface area contributed by atoms with Crippen LogP contribution in [0.4, 0.5) is 0 Å². The first-order valence-electron chi connectivity index (χ1n) is 2.67. The van der Waals surface area contributed by atoms with Gasteiger partial charge in [-0.1, -0.05) is 0 Å². The second kappa shape index (κ2) is 3.28. The van der Waals surface area contributed by atoms with E-state index in [1.807, 2.05) is 0 Å². The maximum atomic E-state index is 5.56. The zero-order chi connectivity index (χ0) is 6.97. The Morgan fingerprint density at radius 3 is 2.91 bits per heavy atom. The van der Waals surface area contributed by atoms with Gasteiger partial charge in [-0.05, 0) is 0 Å². The summed E-state index contributed by atoms with van der Waals surface area (Å²) in [6, 6.07) is 0. The van der Waals surface area contributed by atoms with Crippen LogP contribution in [0.3, 0.4) is 0 Å². The first kappa shape index (κ1) is 8.62. The first-order chi connectivity index (χ1) is 4.86. The second-order valence-electron chi connectivity index (χ2n) is 1.80. The number of hydrogen-bond donors (Lipinski definition) is 0. The van der Waals surface area contributed by atoms with E-state index in [9.17, 15) is 0 Å². The average molecular weight is 350 g/mol. The van der Waals surface area contributed by atoms with E-state index in [4.69, 9.17) is 11.8 Å². The Morgan fingerprint density at radius 2 is 2.09 bits per heavy atom. The quantitative estimate of drug-likeness (QED) is 0.706. The van der Waals surface area contributed by atoms with E-state index in [2.05, 4.69) is 15.0 Å². The van der Waals surface area contributed by atoms with Crippen molar-refractivity contribution in [1.29, 1.82) is 0 Å².